The fourth-order valence-electron chi connectivity index (χ4n) is 6.34. The molecule has 0 N–H and O–H groups in total. The molecule has 0 aliphatic rings. The summed E-state index contributed by atoms with van der Waals surface area (Å²) in [5, 5.41) is 7.92. The molecule has 0 fully saturated rings. The molecule has 0 saturated heterocycles. The van der Waals surface area contributed by atoms with Crippen molar-refractivity contribution in [3.63, 3.8) is 0 Å². The van der Waals surface area contributed by atoms with Gasteiger partial charge in [-0.05, 0) is 72.3 Å². The van der Waals surface area contributed by atoms with E-state index in [1.165, 1.54) is 77.2 Å². The standard InChI is InChI=1S/2C19H16N.2ClH.Zr/c2*1-13-14(2)20(18-10-6-5-8-16(13)18)19-12-11-15-7-3-4-9-17(15)19;;;/h2*3-12H,1-2H3;2*1H;/q2*-1;;;+2. The van der Waals surface area contributed by atoms with Crippen LogP contribution >= 0.6 is 24.8 Å². The average Bonchev–Trinajstić information content (AvgIpc) is 3.73. The van der Waals surface area contributed by atoms with Crippen LogP contribution in [0.25, 0.3) is 54.7 Å². The zero-order chi connectivity index (χ0) is 27.4. The predicted octanol–water partition coefficient (Wildman–Crippen LogP) is 11.1. The zero-order valence-electron chi connectivity index (χ0n) is 24.8. The molecule has 0 saturated carbocycles. The number of aryl methyl sites for hydroxylation is 2. The second-order valence-corrected chi connectivity index (χ2v) is 10.7. The van der Waals surface area contributed by atoms with Crippen LogP contribution in [0, 0.1) is 27.7 Å². The van der Waals surface area contributed by atoms with Crippen molar-refractivity contribution in [3.05, 3.63) is 144 Å². The largest absolute Gasteiger partial charge is 2.00 e. The normalized spacial score (nSPS) is 10.7. The van der Waals surface area contributed by atoms with E-state index in [1.54, 1.807) is 0 Å². The first kappa shape index (κ1) is 32.6. The molecule has 43 heavy (non-hydrogen) atoms. The van der Waals surface area contributed by atoms with E-state index in [0.717, 1.165) is 0 Å². The maximum atomic E-state index is 2.38. The Morgan fingerprint density at radius 3 is 1.21 bits per heavy atom. The van der Waals surface area contributed by atoms with E-state index in [-0.39, 0.29) is 51.0 Å². The summed E-state index contributed by atoms with van der Waals surface area (Å²) >= 11 is 0. The van der Waals surface area contributed by atoms with Gasteiger partial charge in [0.2, 0.25) is 0 Å². The van der Waals surface area contributed by atoms with Gasteiger partial charge in [0.15, 0.2) is 0 Å². The molecule has 0 aliphatic heterocycles. The second-order valence-electron chi connectivity index (χ2n) is 10.7. The van der Waals surface area contributed by atoms with Crippen molar-refractivity contribution >= 4 is 68.2 Å². The molecule has 0 atom stereocenters. The minimum atomic E-state index is 0. The van der Waals surface area contributed by atoms with Crippen molar-refractivity contribution in [2.45, 2.75) is 27.7 Å². The molecule has 8 aromatic rings. The monoisotopic (exact) mass is 678 g/mol. The van der Waals surface area contributed by atoms with Gasteiger partial charge in [-0.15, -0.1) is 49.1 Å². The Hall–Kier alpha value is -3.36. The smallest absolute Gasteiger partial charge is 0.394 e. The van der Waals surface area contributed by atoms with Crippen molar-refractivity contribution in [3.8, 4) is 11.4 Å². The van der Waals surface area contributed by atoms with Crippen LogP contribution < -0.4 is 0 Å². The minimum absolute atomic E-state index is 0. The molecular formula is C38H34Cl2N2Zr. The number of hydrogen-bond donors (Lipinski definition) is 0. The molecule has 0 amide bonds. The molecule has 2 aromatic heterocycles. The molecule has 5 heteroatoms. The minimum Gasteiger partial charge on any atom is -0.394 e. The molecule has 0 bridgehead atoms. The van der Waals surface area contributed by atoms with E-state index in [2.05, 4.69) is 158 Å². The predicted molar refractivity (Wildman–Crippen MR) is 186 cm³/mol. The third-order valence-corrected chi connectivity index (χ3v) is 8.65. The number of halogens is 2. The molecule has 8 rings (SSSR count). The molecule has 2 nitrogen and oxygen atoms in total. The Morgan fingerprint density at radius 1 is 0.442 bits per heavy atom. The van der Waals surface area contributed by atoms with Crippen LogP contribution in [0.2, 0.25) is 0 Å². The van der Waals surface area contributed by atoms with Crippen LogP contribution in [0.15, 0.2) is 121 Å². The average molecular weight is 681 g/mol. The first-order valence-corrected chi connectivity index (χ1v) is 14.0. The van der Waals surface area contributed by atoms with Crippen LogP contribution in [0.4, 0.5) is 0 Å². The molecular weight excluding hydrogens is 647 g/mol. The van der Waals surface area contributed by atoms with E-state index in [0.29, 0.717) is 0 Å². The fraction of sp³-hybridized carbons (Fsp3) is 0.105. The Labute approximate surface area is 284 Å². The Balaban J connectivity index is 0.000000184. The summed E-state index contributed by atoms with van der Waals surface area (Å²) in [5.74, 6) is 0. The number of aromatic nitrogens is 2. The van der Waals surface area contributed by atoms with Crippen LogP contribution in [0.5, 0.6) is 0 Å². The fourth-order valence-corrected chi connectivity index (χ4v) is 6.34. The summed E-state index contributed by atoms with van der Waals surface area (Å²) in [6.07, 6.45) is 0. The first-order chi connectivity index (χ1) is 19.5. The Morgan fingerprint density at radius 2 is 0.791 bits per heavy atom. The van der Waals surface area contributed by atoms with Gasteiger partial charge in [-0.3, -0.25) is 0 Å². The van der Waals surface area contributed by atoms with Gasteiger partial charge in [0, 0.05) is 0 Å². The summed E-state index contributed by atoms with van der Waals surface area (Å²) in [5.41, 5.74) is 10.5. The van der Waals surface area contributed by atoms with E-state index in [4.69, 9.17) is 0 Å². The summed E-state index contributed by atoms with van der Waals surface area (Å²) in [4.78, 5) is 0. The molecule has 2 heterocycles. The van der Waals surface area contributed by atoms with Crippen LogP contribution in [-0.4, -0.2) is 9.13 Å². The van der Waals surface area contributed by atoms with Gasteiger partial charge in [-0.2, -0.15) is 0 Å². The van der Waals surface area contributed by atoms with Gasteiger partial charge in [-0.1, -0.05) is 130 Å². The van der Waals surface area contributed by atoms with Crippen molar-refractivity contribution in [1.29, 1.82) is 0 Å². The summed E-state index contributed by atoms with van der Waals surface area (Å²) in [6, 6.07) is 43.3. The van der Waals surface area contributed by atoms with Gasteiger partial charge >= 0.3 is 26.2 Å². The van der Waals surface area contributed by atoms with Crippen molar-refractivity contribution < 1.29 is 26.2 Å². The quantitative estimate of drug-likeness (QED) is 0.161. The Bertz CT molecular complexity index is 2020. The van der Waals surface area contributed by atoms with Gasteiger partial charge < -0.3 is 9.13 Å². The maximum absolute atomic E-state index is 2.38. The van der Waals surface area contributed by atoms with Crippen LogP contribution in [0.1, 0.15) is 22.5 Å². The third-order valence-electron chi connectivity index (χ3n) is 8.65. The number of benzene rings is 4. The number of fused-ring (bicyclic) bond motifs is 4. The first-order valence-electron chi connectivity index (χ1n) is 14.0. The second kappa shape index (κ2) is 13.1. The zero-order valence-corrected chi connectivity index (χ0v) is 28.8. The maximum Gasteiger partial charge on any atom is 2.00 e. The van der Waals surface area contributed by atoms with E-state index >= 15 is 0 Å². The molecule has 0 unspecified atom stereocenters. The number of nitrogens with zero attached hydrogens (tertiary/aromatic N) is 2. The molecule has 0 spiro atoms. The van der Waals surface area contributed by atoms with Crippen LogP contribution in [0.3, 0.4) is 0 Å². The Kier molecular flexibility index (Phi) is 9.92. The SMILES string of the molecule is Cc1c(C)n(-[c-]2ccc3ccccc32)c2ccccc12.Cc1c(C)n(-[c-]2ccc3ccccc32)c2ccccc12.Cl.Cl.[Zr+2]. The topological polar surface area (TPSA) is 9.86 Å². The summed E-state index contributed by atoms with van der Waals surface area (Å²) in [7, 11) is 0. The van der Waals surface area contributed by atoms with E-state index in [1.807, 2.05) is 0 Å². The number of para-hydroxylation sites is 2. The number of rotatable bonds is 2. The van der Waals surface area contributed by atoms with Crippen LogP contribution in [-0.2, 0) is 26.2 Å². The third kappa shape index (κ3) is 5.33. The van der Waals surface area contributed by atoms with E-state index in [9.17, 15) is 0 Å². The molecule has 6 aromatic carbocycles. The van der Waals surface area contributed by atoms with Crippen molar-refractivity contribution in [2.24, 2.45) is 0 Å². The van der Waals surface area contributed by atoms with Gasteiger partial charge in [0.1, 0.15) is 0 Å². The van der Waals surface area contributed by atoms with Gasteiger partial charge in [0.25, 0.3) is 0 Å². The summed E-state index contributed by atoms with van der Waals surface area (Å²) in [6.45, 7) is 8.83. The molecule has 0 radical (unpaired) electrons. The molecule has 0 aliphatic carbocycles. The van der Waals surface area contributed by atoms with Gasteiger partial charge in [-0.25, -0.2) is 0 Å². The summed E-state index contributed by atoms with van der Waals surface area (Å²) < 4.78 is 4.76. The van der Waals surface area contributed by atoms with E-state index < -0.39 is 0 Å². The number of hydrogen-bond acceptors (Lipinski definition) is 0. The van der Waals surface area contributed by atoms with Crippen molar-refractivity contribution in [1.82, 2.24) is 9.13 Å². The van der Waals surface area contributed by atoms with Crippen molar-refractivity contribution in [2.75, 3.05) is 0 Å². The molecule has 214 valence electrons. The van der Waals surface area contributed by atoms with Gasteiger partial charge in [0.05, 0.1) is 0 Å².